The lowest BCUT2D eigenvalue weighted by Gasteiger charge is -2.35. The van der Waals surface area contributed by atoms with Crippen LogP contribution < -0.4 is 4.74 Å². The van der Waals surface area contributed by atoms with Gasteiger partial charge in [0.05, 0.1) is 13.7 Å². The molecule has 1 fully saturated rings. The first-order valence-electron chi connectivity index (χ1n) is 9.77. The third-order valence-corrected chi connectivity index (χ3v) is 5.22. The fourth-order valence-corrected chi connectivity index (χ4v) is 3.60. The van der Waals surface area contributed by atoms with Crippen molar-refractivity contribution in [2.75, 3.05) is 26.7 Å². The smallest absolute Gasteiger partial charge is 0.236 e. The van der Waals surface area contributed by atoms with Crippen LogP contribution in [0.3, 0.4) is 0 Å². The Labute approximate surface area is 158 Å². The van der Waals surface area contributed by atoms with Gasteiger partial charge in [-0.15, -0.1) is 0 Å². The van der Waals surface area contributed by atoms with Crippen LogP contribution in [0.1, 0.15) is 46.1 Å². The topological polar surface area (TPSA) is 32.8 Å². The quantitative estimate of drug-likeness (QED) is 0.737. The zero-order valence-corrected chi connectivity index (χ0v) is 16.9. The Kier molecular flexibility index (Phi) is 7.70. The molecule has 26 heavy (non-hydrogen) atoms. The molecule has 144 valence electrons. The molecule has 1 aliphatic heterocycles. The van der Waals surface area contributed by atoms with Gasteiger partial charge in [-0.25, -0.2) is 0 Å². The molecule has 0 bridgehead atoms. The fourth-order valence-electron chi connectivity index (χ4n) is 3.60. The first kappa shape index (κ1) is 20.5. The van der Waals surface area contributed by atoms with Gasteiger partial charge in [0.25, 0.3) is 0 Å². The van der Waals surface area contributed by atoms with Crippen LogP contribution in [0.25, 0.3) is 6.08 Å². The Bertz CT molecular complexity index is 594. The summed E-state index contributed by atoms with van der Waals surface area (Å²) in [5.41, 5.74) is 1.11. The minimum absolute atomic E-state index is 0.263. The maximum absolute atomic E-state index is 12.6. The highest BCUT2D eigenvalue weighted by atomic mass is 16.5. The van der Waals surface area contributed by atoms with Crippen molar-refractivity contribution >= 4 is 12.0 Å². The highest BCUT2D eigenvalue weighted by molar-refractivity contribution is 5.78. The maximum Gasteiger partial charge on any atom is 0.236 e. The van der Waals surface area contributed by atoms with Crippen LogP contribution in [0.5, 0.6) is 5.75 Å². The standard InChI is InChI=1S/C22H34N2O2/c1-17(2)24(18(3)4)16-22(25)23-14-12-19(13-15-23)10-11-20-8-6-7-9-21(20)26-5/h6-11,17-19H,12-16H2,1-5H3/b11-10+. The van der Waals surface area contributed by atoms with Crippen molar-refractivity contribution < 1.29 is 9.53 Å². The minimum Gasteiger partial charge on any atom is -0.496 e. The molecule has 1 aromatic rings. The molecule has 0 spiro atoms. The van der Waals surface area contributed by atoms with E-state index in [0.29, 0.717) is 24.5 Å². The van der Waals surface area contributed by atoms with Gasteiger partial charge in [-0.3, -0.25) is 9.69 Å². The summed E-state index contributed by atoms with van der Waals surface area (Å²) in [4.78, 5) is 16.9. The van der Waals surface area contributed by atoms with E-state index >= 15 is 0 Å². The SMILES string of the molecule is COc1ccccc1/C=C/C1CCN(C(=O)CN(C(C)C)C(C)C)CC1. The number of piperidine rings is 1. The van der Waals surface area contributed by atoms with Gasteiger partial charge < -0.3 is 9.64 Å². The third-order valence-electron chi connectivity index (χ3n) is 5.22. The summed E-state index contributed by atoms with van der Waals surface area (Å²) in [6.45, 7) is 10.8. The molecule has 0 N–H and O–H groups in total. The van der Waals surface area contributed by atoms with Crippen LogP contribution in [0.15, 0.2) is 30.3 Å². The van der Waals surface area contributed by atoms with E-state index in [2.05, 4.69) is 50.8 Å². The number of ether oxygens (including phenoxy) is 1. The van der Waals surface area contributed by atoms with E-state index in [1.807, 2.05) is 23.1 Å². The zero-order chi connectivity index (χ0) is 19.1. The second-order valence-electron chi connectivity index (χ2n) is 7.68. The minimum atomic E-state index is 0.263. The molecule has 4 heteroatoms. The van der Waals surface area contributed by atoms with Crippen molar-refractivity contribution in [2.45, 2.75) is 52.6 Å². The zero-order valence-electron chi connectivity index (χ0n) is 16.9. The van der Waals surface area contributed by atoms with Crippen LogP contribution in [0, 0.1) is 5.92 Å². The normalized spacial score (nSPS) is 16.2. The van der Waals surface area contributed by atoms with Crippen molar-refractivity contribution in [3.05, 3.63) is 35.9 Å². The second-order valence-corrected chi connectivity index (χ2v) is 7.68. The number of hydrogen-bond acceptors (Lipinski definition) is 3. The Morgan fingerprint density at radius 3 is 2.38 bits per heavy atom. The summed E-state index contributed by atoms with van der Waals surface area (Å²) in [5, 5.41) is 0. The fraction of sp³-hybridized carbons (Fsp3) is 0.591. The molecule has 1 amide bonds. The van der Waals surface area contributed by atoms with Gasteiger partial charge in [0.2, 0.25) is 5.91 Å². The number of amides is 1. The van der Waals surface area contributed by atoms with Crippen molar-refractivity contribution in [3.8, 4) is 5.75 Å². The van der Waals surface area contributed by atoms with Gasteiger partial charge in [-0.1, -0.05) is 30.4 Å². The second kappa shape index (κ2) is 9.77. The molecule has 0 aliphatic carbocycles. The lowest BCUT2D eigenvalue weighted by Crippen LogP contribution is -2.47. The van der Waals surface area contributed by atoms with E-state index < -0.39 is 0 Å². The molecule has 1 aromatic carbocycles. The molecule has 1 saturated heterocycles. The van der Waals surface area contributed by atoms with E-state index in [-0.39, 0.29) is 5.91 Å². The van der Waals surface area contributed by atoms with Crippen LogP contribution in [-0.2, 0) is 4.79 Å². The maximum atomic E-state index is 12.6. The highest BCUT2D eigenvalue weighted by Gasteiger charge is 2.24. The molecule has 0 atom stereocenters. The highest BCUT2D eigenvalue weighted by Crippen LogP contribution is 2.23. The number of benzene rings is 1. The summed E-state index contributed by atoms with van der Waals surface area (Å²) >= 11 is 0. The molecule has 1 heterocycles. The molecule has 0 aromatic heterocycles. The van der Waals surface area contributed by atoms with Crippen LogP contribution in [0.2, 0.25) is 0 Å². The molecule has 4 nitrogen and oxygen atoms in total. The number of carbonyl (C=O) groups excluding carboxylic acids is 1. The molecule has 1 aliphatic rings. The number of methoxy groups -OCH3 is 1. The Morgan fingerprint density at radius 1 is 1.19 bits per heavy atom. The van der Waals surface area contributed by atoms with Crippen LogP contribution in [-0.4, -0.2) is 54.5 Å². The Morgan fingerprint density at radius 2 is 1.81 bits per heavy atom. The molecular weight excluding hydrogens is 324 g/mol. The van der Waals surface area contributed by atoms with E-state index in [1.165, 1.54) is 0 Å². The predicted molar refractivity (Wildman–Crippen MR) is 108 cm³/mol. The average Bonchev–Trinajstić information content (AvgIpc) is 2.64. The number of para-hydroxylation sites is 1. The van der Waals surface area contributed by atoms with Gasteiger partial charge in [-0.05, 0) is 52.5 Å². The largest absolute Gasteiger partial charge is 0.496 e. The van der Waals surface area contributed by atoms with E-state index in [0.717, 1.165) is 37.2 Å². The van der Waals surface area contributed by atoms with Crippen molar-refractivity contribution in [1.29, 1.82) is 0 Å². The summed E-state index contributed by atoms with van der Waals surface area (Å²) in [7, 11) is 1.70. The van der Waals surface area contributed by atoms with Crippen molar-refractivity contribution in [2.24, 2.45) is 5.92 Å². The molecular formula is C22H34N2O2. The average molecular weight is 359 g/mol. The number of rotatable bonds is 7. The first-order valence-corrected chi connectivity index (χ1v) is 9.77. The molecule has 0 radical (unpaired) electrons. The van der Waals surface area contributed by atoms with Crippen molar-refractivity contribution in [3.63, 3.8) is 0 Å². The summed E-state index contributed by atoms with van der Waals surface area (Å²) in [5.74, 6) is 1.69. The van der Waals surface area contributed by atoms with Gasteiger partial charge in [-0.2, -0.15) is 0 Å². The lowest BCUT2D eigenvalue weighted by atomic mass is 9.95. The van der Waals surface area contributed by atoms with Gasteiger partial charge in [0.15, 0.2) is 0 Å². The van der Waals surface area contributed by atoms with Crippen molar-refractivity contribution in [1.82, 2.24) is 9.80 Å². The van der Waals surface area contributed by atoms with Gasteiger partial charge >= 0.3 is 0 Å². The van der Waals surface area contributed by atoms with E-state index in [1.54, 1.807) is 7.11 Å². The summed E-state index contributed by atoms with van der Waals surface area (Å²) < 4.78 is 5.40. The van der Waals surface area contributed by atoms with Gasteiger partial charge in [0.1, 0.15) is 5.75 Å². The Balaban J connectivity index is 1.86. The number of allylic oxidation sites excluding steroid dienone is 1. The number of nitrogens with zero attached hydrogens (tertiary/aromatic N) is 2. The predicted octanol–water partition coefficient (Wildman–Crippen LogP) is 4.07. The molecule has 0 unspecified atom stereocenters. The van der Waals surface area contributed by atoms with Crippen LogP contribution in [0.4, 0.5) is 0 Å². The molecule has 0 saturated carbocycles. The first-order chi connectivity index (χ1) is 12.4. The number of likely N-dealkylation sites (tertiary alicyclic amines) is 1. The number of hydrogen-bond donors (Lipinski definition) is 0. The van der Waals surface area contributed by atoms with E-state index in [4.69, 9.17) is 4.74 Å². The summed E-state index contributed by atoms with van der Waals surface area (Å²) in [6.07, 6.45) is 6.48. The third kappa shape index (κ3) is 5.60. The summed E-state index contributed by atoms with van der Waals surface area (Å²) in [6, 6.07) is 8.84. The lowest BCUT2D eigenvalue weighted by molar-refractivity contribution is -0.134. The number of carbonyl (C=O) groups is 1. The van der Waals surface area contributed by atoms with Crippen LogP contribution >= 0.6 is 0 Å². The Hall–Kier alpha value is -1.81. The van der Waals surface area contributed by atoms with E-state index in [9.17, 15) is 4.79 Å². The monoisotopic (exact) mass is 358 g/mol. The molecule has 2 rings (SSSR count). The van der Waals surface area contributed by atoms with Gasteiger partial charge in [0, 0.05) is 30.7 Å².